The van der Waals surface area contributed by atoms with E-state index in [1.165, 1.54) is 24.2 Å². The number of nitrogens with one attached hydrogen (secondary N) is 1. The Morgan fingerprint density at radius 3 is 2.56 bits per heavy atom. The maximum atomic E-state index is 12.7. The number of hydrogen-bond acceptors (Lipinski definition) is 6. The third-order valence-electron chi connectivity index (χ3n) is 5.12. The molecule has 25 heavy (non-hydrogen) atoms. The second kappa shape index (κ2) is 8.47. The minimum Gasteiger partial charge on any atom is -0.379 e. The number of ether oxygens (including phenoxy) is 1. The number of aryl methyl sites for hydroxylation is 1. The topological polar surface area (TPSA) is 57.7 Å². The summed E-state index contributed by atoms with van der Waals surface area (Å²) in [5.41, 5.74) is 0.844. The number of anilines is 1. The number of hydrogen-bond donors (Lipinski definition) is 1. The molecule has 1 atom stereocenters. The molecule has 3 heterocycles. The van der Waals surface area contributed by atoms with Crippen molar-refractivity contribution in [2.75, 3.05) is 50.8 Å². The summed E-state index contributed by atoms with van der Waals surface area (Å²) in [6.45, 7) is 12.6. The van der Waals surface area contributed by atoms with Crippen LogP contribution in [0.2, 0.25) is 0 Å². The highest BCUT2D eigenvalue weighted by molar-refractivity contribution is 7.17. The van der Waals surface area contributed by atoms with Crippen molar-refractivity contribution in [1.29, 1.82) is 0 Å². The molecule has 6 nitrogen and oxygen atoms in total. The molecule has 1 aromatic rings. The molecule has 2 saturated heterocycles. The molecule has 2 fully saturated rings. The number of nitrogens with zero attached hydrogens (tertiary/aromatic N) is 3. The van der Waals surface area contributed by atoms with Crippen LogP contribution in [0.3, 0.4) is 0 Å². The highest BCUT2D eigenvalue weighted by Gasteiger charge is 2.26. The average molecular weight is 367 g/mol. The van der Waals surface area contributed by atoms with Gasteiger partial charge in [0.25, 0.3) is 5.91 Å². The molecule has 1 N–H and O–H groups in total. The quantitative estimate of drug-likeness (QED) is 0.836. The Bertz CT molecular complexity index is 578. The smallest absolute Gasteiger partial charge is 0.263 e. The van der Waals surface area contributed by atoms with Crippen LogP contribution in [0, 0.1) is 12.8 Å². The minimum absolute atomic E-state index is 0.0133. The van der Waals surface area contributed by atoms with Crippen LogP contribution in [0.25, 0.3) is 0 Å². The monoisotopic (exact) mass is 366 g/mol. The van der Waals surface area contributed by atoms with Gasteiger partial charge in [-0.1, -0.05) is 25.2 Å². The van der Waals surface area contributed by atoms with E-state index in [2.05, 4.69) is 33.9 Å². The van der Waals surface area contributed by atoms with Crippen LogP contribution in [-0.2, 0) is 4.74 Å². The first-order valence-electron chi connectivity index (χ1n) is 9.38. The highest BCUT2D eigenvalue weighted by Crippen LogP contribution is 2.28. The molecular weight excluding hydrogens is 336 g/mol. The third-order valence-corrected chi connectivity index (χ3v) is 6.34. The first kappa shape index (κ1) is 18.6. The van der Waals surface area contributed by atoms with Gasteiger partial charge in [-0.25, -0.2) is 4.98 Å². The maximum absolute atomic E-state index is 12.7. The van der Waals surface area contributed by atoms with Crippen molar-refractivity contribution < 1.29 is 9.53 Å². The molecule has 1 aromatic heterocycles. The number of amides is 1. The van der Waals surface area contributed by atoms with E-state index in [9.17, 15) is 4.79 Å². The van der Waals surface area contributed by atoms with E-state index in [1.807, 2.05) is 6.92 Å². The minimum atomic E-state index is 0.0133. The third kappa shape index (κ3) is 4.51. The van der Waals surface area contributed by atoms with Crippen LogP contribution in [0.15, 0.2) is 0 Å². The van der Waals surface area contributed by atoms with Crippen molar-refractivity contribution in [1.82, 2.24) is 15.2 Å². The lowest BCUT2D eigenvalue weighted by Crippen LogP contribution is -2.51. The van der Waals surface area contributed by atoms with Gasteiger partial charge in [0.15, 0.2) is 5.13 Å². The van der Waals surface area contributed by atoms with Gasteiger partial charge in [-0.3, -0.25) is 9.69 Å². The van der Waals surface area contributed by atoms with Gasteiger partial charge < -0.3 is 15.0 Å². The summed E-state index contributed by atoms with van der Waals surface area (Å²) < 4.78 is 5.45. The maximum Gasteiger partial charge on any atom is 0.263 e. The second-order valence-electron chi connectivity index (χ2n) is 7.27. The highest BCUT2D eigenvalue weighted by atomic mass is 32.1. The van der Waals surface area contributed by atoms with Gasteiger partial charge in [0.2, 0.25) is 0 Å². The van der Waals surface area contributed by atoms with E-state index in [-0.39, 0.29) is 5.91 Å². The van der Waals surface area contributed by atoms with Crippen LogP contribution in [0.5, 0.6) is 0 Å². The fourth-order valence-corrected chi connectivity index (χ4v) is 4.64. The molecule has 2 aliphatic rings. The molecule has 1 amide bonds. The molecule has 0 aliphatic carbocycles. The summed E-state index contributed by atoms with van der Waals surface area (Å²) in [6, 6.07) is 0.346. The lowest BCUT2D eigenvalue weighted by Gasteiger charge is -2.36. The molecule has 0 spiro atoms. The van der Waals surface area contributed by atoms with Gasteiger partial charge in [-0.05, 0) is 25.7 Å². The number of carbonyl (C=O) groups is 1. The Kier molecular flexibility index (Phi) is 6.30. The summed E-state index contributed by atoms with van der Waals surface area (Å²) in [5.74, 6) is 0.500. The van der Waals surface area contributed by atoms with Crippen LogP contribution in [0.1, 0.15) is 42.1 Å². The Morgan fingerprint density at radius 1 is 1.24 bits per heavy atom. The lowest BCUT2D eigenvalue weighted by atomic mass is 10.0. The number of carbonyl (C=O) groups excluding carboxylic acids is 1. The van der Waals surface area contributed by atoms with E-state index >= 15 is 0 Å². The number of morpholine rings is 1. The standard InChI is InChI=1S/C18H30N4O2S/c1-13(2)15(21-8-10-24-11-9-21)12-19-17(23)16-14(3)20-18(25-16)22-6-4-5-7-22/h13,15H,4-12H2,1-3H3,(H,19,23)/t15-/m0/s1. The van der Waals surface area contributed by atoms with Crippen LogP contribution in [0.4, 0.5) is 5.13 Å². The summed E-state index contributed by atoms with van der Waals surface area (Å²) in [5, 5.41) is 4.15. The molecule has 0 radical (unpaired) electrons. The van der Waals surface area contributed by atoms with E-state index in [0.717, 1.165) is 55.1 Å². The van der Waals surface area contributed by atoms with Crippen LogP contribution >= 0.6 is 11.3 Å². The summed E-state index contributed by atoms with van der Waals surface area (Å²) in [4.78, 5) is 22.8. The van der Waals surface area contributed by atoms with E-state index in [1.54, 1.807) is 0 Å². The van der Waals surface area contributed by atoms with Gasteiger partial charge in [-0.2, -0.15) is 0 Å². The van der Waals surface area contributed by atoms with Gasteiger partial charge in [0.05, 0.1) is 18.9 Å². The molecule has 7 heteroatoms. The average Bonchev–Trinajstić information content (AvgIpc) is 3.25. The van der Waals surface area contributed by atoms with Gasteiger partial charge >= 0.3 is 0 Å². The normalized spacial score (nSPS) is 20.2. The molecule has 3 rings (SSSR count). The van der Waals surface area contributed by atoms with E-state index < -0.39 is 0 Å². The molecule has 140 valence electrons. The molecule has 0 aromatic carbocycles. The van der Waals surface area contributed by atoms with Crippen LogP contribution < -0.4 is 10.2 Å². The van der Waals surface area contributed by atoms with Crippen molar-refractivity contribution in [2.24, 2.45) is 5.92 Å². The van der Waals surface area contributed by atoms with Gasteiger partial charge in [0, 0.05) is 38.8 Å². The van der Waals surface area contributed by atoms with E-state index in [0.29, 0.717) is 18.5 Å². The fourth-order valence-electron chi connectivity index (χ4n) is 3.61. The SMILES string of the molecule is Cc1nc(N2CCCC2)sc1C(=O)NC[C@@H](C(C)C)N1CCOCC1. The van der Waals surface area contributed by atoms with Gasteiger partial charge in [-0.15, -0.1) is 0 Å². The zero-order valence-electron chi connectivity index (χ0n) is 15.6. The lowest BCUT2D eigenvalue weighted by molar-refractivity contribution is 0.00673. The Morgan fingerprint density at radius 2 is 1.92 bits per heavy atom. The molecular formula is C18H30N4O2S. The van der Waals surface area contributed by atoms with Gasteiger partial charge in [0.1, 0.15) is 4.88 Å². The van der Waals surface area contributed by atoms with Crippen molar-refractivity contribution in [3.63, 3.8) is 0 Å². The predicted molar refractivity (Wildman–Crippen MR) is 102 cm³/mol. The zero-order chi connectivity index (χ0) is 17.8. The molecule has 0 bridgehead atoms. The number of rotatable bonds is 6. The van der Waals surface area contributed by atoms with Crippen molar-refractivity contribution in [3.05, 3.63) is 10.6 Å². The zero-order valence-corrected chi connectivity index (χ0v) is 16.4. The van der Waals surface area contributed by atoms with E-state index in [4.69, 9.17) is 4.74 Å². The number of aromatic nitrogens is 1. The fraction of sp³-hybridized carbons (Fsp3) is 0.778. The van der Waals surface area contributed by atoms with Crippen molar-refractivity contribution >= 4 is 22.4 Å². The van der Waals surface area contributed by atoms with Crippen molar-refractivity contribution in [2.45, 2.75) is 39.7 Å². The largest absolute Gasteiger partial charge is 0.379 e. The first-order valence-corrected chi connectivity index (χ1v) is 10.2. The Balaban J connectivity index is 1.60. The van der Waals surface area contributed by atoms with Crippen LogP contribution in [-0.4, -0.2) is 67.8 Å². The van der Waals surface area contributed by atoms with Crippen molar-refractivity contribution in [3.8, 4) is 0 Å². The molecule has 0 saturated carbocycles. The predicted octanol–water partition coefficient (Wildman–Crippen LogP) is 2.14. The number of thiazole rings is 1. The summed E-state index contributed by atoms with van der Waals surface area (Å²) in [7, 11) is 0. The first-order chi connectivity index (χ1) is 12.1. The molecule has 2 aliphatic heterocycles. The Labute approximate surface area is 154 Å². The molecule has 0 unspecified atom stereocenters. The summed E-state index contributed by atoms with van der Waals surface area (Å²) in [6.07, 6.45) is 2.44. The second-order valence-corrected chi connectivity index (χ2v) is 8.25. The Hall–Kier alpha value is -1.18. The summed E-state index contributed by atoms with van der Waals surface area (Å²) >= 11 is 1.53.